The summed E-state index contributed by atoms with van der Waals surface area (Å²) < 4.78 is 30.6. The van der Waals surface area contributed by atoms with E-state index in [0.29, 0.717) is 36.7 Å². The Morgan fingerprint density at radius 2 is 1.72 bits per heavy atom. The number of benzene rings is 2. The minimum absolute atomic E-state index is 0.0303. The Kier molecular flexibility index (Phi) is 6.49. The number of thioether (sulfide) groups is 1. The van der Waals surface area contributed by atoms with Crippen LogP contribution in [0.4, 0.5) is 5.69 Å². The third kappa shape index (κ3) is 6.50. The summed E-state index contributed by atoms with van der Waals surface area (Å²) >= 11 is 1.23. The maximum Gasteiger partial charge on any atom is 0.229 e. The highest BCUT2D eigenvalue weighted by molar-refractivity contribution is 8.14. The van der Waals surface area contributed by atoms with Crippen molar-refractivity contribution in [2.45, 2.75) is 25.1 Å². The van der Waals surface area contributed by atoms with Crippen molar-refractivity contribution < 1.29 is 22.7 Å². The summed E-state index contributed by atoms with van der Waals surface area (Å²) in [6.45, 7) is 2.60. The van der Waals surface area contributed by atoms with Gasteiger partial charge in [-0.05, 0) is 42.0 Å². The minimum atomic E-state index is -3.31. The molecule has 29 heavy (non-hydrogen) atoms. The predicted octanol–water partition coefficient (Wildman–Crippen LogP) is 3.23. The molecule has 1 aliphatic heterocycles. The molecule has 0 aromatic heterocycles. The number of sulfonamides is 1. The summed E-state index contributed by atoms with van der Waals surface area (Å²) in [5.41, 5.74) is 1.44. The summed E-state index contributed by atoms with van der Waals surface area (Å²) in [5.74, 6) is 1.28. The molecule has 154 valence electrons. The molecule has 1 fully saturated rings. The van der Waals surface area contributed by atoms with Crippen molar-refractivity contribution in [2.24, 2.45) is 0 Å². The highest BCUT2D eigenvalue weighted by Crippen LogP contribution is 2.27. The second-order valence-corrected chi connectivity index (χ2v) is 10.1. The van der Waals surface area contributed by atoms with Crippen LogP contribution in [-0.2, 0) is 26.2 Å². The summed E-state index contributed by atoms with van der Waals surface area (Å²) in [5, 5.41) is 0.0639. The van der Waals surface area contributed by atoms with Crippen molar-refractivity contribution in [3.8, 4) is 11.5 Å². The van der Waals surface area contributed by atoms with Gasteiger partial charge in [0.15, 0.2) is 5.12 Å². The highest BCUT2D eigenvalue weighted by Gasteiger charge is 2.30. The van der Waals surface area contributed by atoms with Gasteiger partial charge in [-0.15, -0.1) is 0 Å². The number of carbonyl (C=O) groups is 2. The molecular weight excluding hydrogens is 412 g/mol. The molecule has 1 aliphatic rings. The largest absolute Gasteiger partial charge is 0.457 e. The van der Waals surface area contributed by atoms with Gasteiger partial charge in [-0.25, -0.2) is 8.42 Å². The number of amides is 1. The zero-order chi connectivity index (χ0) is 21.0. The number of nitrogens with zero attached hydrogens (tertiary/aromatic N) is 1. The first kappa shape index (κ1) is 21.2. The molecule has 1 saturated heterocycles. The van der Waals surface area contributed by atoms with Crippen molar-refractivity contribution in [3.05, 3.63) is 54.1 Å². The number of carbonyl (C=O) groups excluding carboxylic acids is 2. The van der Waals surface area contributed by atoms with E-state index in [-0.39, 0.29) is 16.3 Å². The molecule has 9 heteroatoms. The lowest BCUT2D eigenvalue weighted by Crippen LogP contribution is -2.24. The van der Waals surface area contributed by atoms with Gasteiger partial charge in [0.2, 0.25) is 15.9 Å². The molecule has 0 spiro atoms. The number of ether oxygens (including phenoxy) is 1. The van der Waals surface area contributed by atoms with Crippen molar-refractivity contribution in [1.29, 1.82) is 0 Å². The molecule has 7 nitrogen and oxygen atoms in total. The number of likely N-dealkylation sites (tertiary alicyclic amines) is 1. The topological polar surface area (TPSA) is 92.8 Å². The average molecular weight is 435 g/mol. The second-order valence-electron chi connectivity index (χ2n) is 6.85. The van der Waals surface area contributed by atoms with Gasteiger partial charge < -0.3 is 9.64 Å². The third-order valence-corrected chi connectivity index (χ3v) is 5.79. The molecule has 1 heterocycles. The maximum atomic E-state index is 12.1. The van der Waals surface area contributed by atoms with E-state index in [1.807, 2.05) is 24.3 Å². The fourth-order valence-corrected chi connectivity index (χ4v) is 4.54. The first-order valence-electron chi connectivity index (χ1n) is 8.97. The fourth-order valence-electron chi connectivity index (χ4n) is 3.03. The van der Waals surface area contributed by atoms with Crippen LogP contribution >= 0.6 is 11.8 Å². The molecule has 0 bridgehead atoms. The molecule has 3 rings (SSSR count). The number of rotatable bonds is 7. The Labute approximate surface area is 174 Å². The molecule has 0 radical (unpaired) electrons. The van der Waals surface area contributed by atoms with E-state index in [4.69, 9.17) is 4.74 Å². The van der Waals surface area contributed by atoms with E-state index in [2.05, 4.69) is 4.72 Å². The Balaban J connectivity index is 1.56. The minimum Gasteiger partial charge on any atom is -0.457 e. The molecule has 1 unspecified atom stereocenters. The molecule has 2 aromatic carbocycles. The smallest absolute Gasteiger partial charge is 0.229 e. The Morgan fingerprint density at radius 3 is 2.28 bits per heavy atom. The quantitative estimate of drug-likeness (QED) is 0.719. The van der Waals surface area contributed by atoms with Gasteiger partial charge in [0.25, 0.3) is 0 Å². The van der Waals surface area contributed by atoms with E-state index >= 15 is 0 Å². The molecule has 1 N–H and O–H groups in total. The normalized spacial score (nSPS) is 16.7. The van der Waals surface area contributed by atoms with Crippen LogP contribution in [0.1, 0.15) is 18.9 Å². The summed E-state index contributed by atoms with van der Waals surface area (Å²) in [6, 6.07) is 14.0. The van der Waals surface area contributed by atoms with E-state index in [9.17, 15) is 18.0 Å². The molecule has 0 aliphatic carbocycles. The van der Waals surface area contributed by atoms with Gasteiger partial charge in [0.1, 0.15) is 11.5 Å². The molecule has 2 aromatic rings. The van der Waals surface area contributed by atoms with Crippen molar-refractivity contribution in [2.75, 3.05) is 17.5 Å². The first-order valence-corrected chi connectivity index (χ1v) is 11.7. The van der Waals surface area contributed by atoms with Gasteiger partial charge in [0.05, 0.1) is 6.26 Å². The molecule has 1 atom stereocenters. The van der Waals surface area contributed by atoms with E-state index in [1.54, 1.807) is 29.2 Å². The zero-order valence-electron chi connectivity index (χ0n) is 16.1. The van der Waals surface area contributed by atoms with Gasteiger partial charge in [-0.2, -0.15) is 0 Å². The lowest BCUT2D eigenvalue weighted by Gasteiger charge is -2.16. The number of hydrogen-bond donors (Lipinski definition) is 1. The van der Waals surface area contributed by atoms with Crippen molar-refractivity contribution in [1.82, 2.24) is 4.90 Å². The van der Waals surface area contributed by atoms with Crippen molar-refractivity contribution >= 4 is 38.5 Å². The van der Waals surface area contributed by atoms with Crippen LogP contribution in [0, 0.1) is 0 Å². The fraction of sp³-hybridized carbons (Fsp3) is 0.300. The number of anilines is 1. The average Bonchev–Trinajstić information content (AvgIpc) is 2.95. The Hall–Kier alpha value is -2.52. The van der Waals surface area contributed by atoms with Crippen LogP contribution in [-0.4, -0.2) is 42.4 Å². The third-order valence-electron chi connectivity index (χ3n) is 4.20. The van der Waals surface area contributed by atoms with Gasteiger partial charge in [-0.1, -0.05) is 23.9 Å². The Morgan fingerprint density at radius 1 is 1.14 bits per heavy atom. The van der Waals surface area contributed by atoms with E-state index < -0.39 is 10.0 Å². The first-order chi connectivity index (χ1) is 13.7. The maximum absolute atomic E-state index is 12.1. The van der Waals surface area contributed by atoms with E-state index in [0.717, 1.165) is 11.8 Å². The van der Waals surface area contributed by atoms with Crippen LogP contribution in [0.2, 0.25) is 0 Å². The van der Waals surface area contributed by atoms with Crippen LogP contribution in [0.3, 0.4) is 0 Å². The molecule has 1 amide bonds. The predicted molar refractivity (Wildman–Crippen MR) is 114 cm³/mol. The van der Waals surface area contributed by atoms with E-state index in [1.165, 1.54) is 18.7 Å². The summed E-state index contributed by atoms with van der Waals surface area (Å²) in [7, 11) is -3.31. The van der Waals surface area contributed by atoms with Gasteiger partial charge in [-0.3, -0.25) is 14.3 Å². The SMILES string of the molecule is CC(=O)SC1CC(=O)N(Cc2ccc(Oc3ccc(NS(C)(=O)=O)cc3)cc2)C1. The Bertz CT molecular complexity index is 989. The zero-order valence-corrected chi connectivity index (χ0v) is 17.8. The van der Waals surface area contributed by atoms with Gasteiger partial charge in [0, 0.05) is 37.4 Å². The highest BCUT2D eigenvalue weighted by atomic mass is 32.2. The van der Waals surface area contributed by atoms with Crippen LogP contribution in [0.25, 0.3) is 0 Å². The number of nitrogens with one attached hydrogen (secondary N) is 1. The molecular formula is C20H22N2O5S2. The summed E-state index contributed by atoms with van der Waals surface area (Å²) in [6.07, 6.45) is 1.49. The number of hydrogen-bond acceptors (Lipinski definition) is 6. The monoisotopic (exact) mass is 434 g/mol. The van der Waals surface area contributed by atoms with Crippen LogP contribution in [0.15, 0.2) is 48.5 Å². The summed E-state index contributed by atoms with van der Waals surface area (Å²) in [4.78, 5) is 25.1. The van der Waals surface area contributed by atoms with Gasteiger partial charge >= 0.3 is 0 Å². The van der Waals surface area contributed by atoms with Crippen LogP contribution in [0.5, 0.6) is 11.5 Å². The standard InChI is InChI=1S/C20H22N2O5S2/c1-14(23)28-19-11-20(24)22(13-19)12-15-3-7-17(8-4-15)27-18-9-5-16(6-10-18)21-29(2,25)26/h3-10,19,21H,11-13H2,1-2H3. The van der Waals surface area contributed by atoms with Crippen LogP contribution < -0.4 is 9.46 Å². The molecule has 0 saturated carbocycles. The second kappa shape index (κ2) is 8.87. The lowest BCUT2D eigenvalue weighted by molar-refractivity contribution is -0.128. The van der Waals surface area contributed by atoms with Crippen molar-refractivity contribution in [3.63, 3.8) is 0 Å². The lowest BCUT2D eigenvalue weighted by atomic mass is 10.2.